The minimum atomic E-state index is -0.358. The Bertz CT molecular complexity index is 1150. The van der Waals surface area contributed by atoms with Gasteiger partial charge >= 0.3 is 0 Å². The maximum atomic E-state index is 13.1. The molecule has 162 valence electrons. The van der Waals surface area contributed by atoms with Gasteiger partial charge in [-0.05, 0) is 60.4 Å². The van der Waals surface area contributed by atoms with Gasteiger partial charge in [-0.15, -0.1) is 11.3 Å². The Hall–Kier alpha value is -2.05. The summed E-state index contributed by atoms with van der Waals surface area (Å²) < 4.78 is 7.12. The third-order valence-corrected chi connectivity index (χ3v) is 8.76. The van der Waals surface area contributed by atoms with Crippen LogP contribution in [-0.2, 0) is 12.8 Å². The van der Waals surface area contributed by atoms with E-state index in [1.165, 1.54) is 16.9 Å². The molecule has 4 nitrogen and oxygen atoms in total. The van der Waals surface area contributed by atoms with Crippen LogP contribution in [0.4, 0.5) is 5.00 Å². The number of hydrogen-bond acceptors (Lipinski definition) is 4. The van der Waals surface area contributed by atoms with Crippen LogP contribution in [0.1, 0.15) is 66.3 Å². The number of amides is 1. The number of nitrogens with one attached hydrogen (secondary N) is 2. The molecule has 1 aromatic carbocycles. The second kappa shape index (κ2) is 7.82. The van der Waals surface area contributed by atoms with Crippen molar-refractivity contribution in [2.24, 2.45) is 11.3 Å². The molecule has 1 aliphatic carbocycles. The Morgan fingerprint density at radius 3 is 2.84 bits per heavy atom. The molecule has 0 saturated carbocycles. The summed E-state index contributed by atoms with van der Waals surface area (Å²) >= 11 is 5.26. The van der Waals surface area contributed by atoms with E-state index in [4.69, 9.17) is 4.42 Å². The van der Waals surface area contributed by atoms with Crippen LogP contribution in [0.2, 0.25) is 0 Å². The van der Waals surface area contributed by atoms with Crippen LogP contribution in [0.3, 0.4) is 0 Å². The van der Waals surface area contributed by atoms with E-state index in [-0.39, 0.29) is 12.1 Å². The third kappa shape index (κ3) is 3.74. The van der Waals surface area contributed by atoms with E-state index >= 15 is 0 Å². The minimum Gasteiger partial charge on any atom is -0.457 e. The molecule has 0 bridgehead atoms. The van der Waals surface area contributed by atoms with Gasteiger partial charge < -0.3 is 15.1 Å². The van der Waals surface area contributed by atoms with Crippen molar-refractivity contribution in [2.45, 2.75) is 52.6 Å². The van der Waals surface area contributed by atoms with Gasteiger partial charge in [-0.25, -0.2) is 0 Å². The van der Waals surface area contributed by atoms with Crippen LogP contribution in [-0.4, -0.2) is 5.91 Å². The Morgan fingerprint density at radius 1 is 1.23 bits per heavy atom. The maximum Gasteiger partial charge on any atom is 0.256 e. The molecule has 0 spiro atoms. The first-order valence-corrected chi connectivity index (χ1v) is 12.5. The molecule has 2 N–H and O–H groups in total. The molecule has 0 unspecified atom stereocenters. The topological polar surface area (TPSA) is 54.3 Å². The Labute approximate surface area is 195 Å². The Kier molecular flexibility index (Phi) is 5.25. The molecule has 0 fully saturated rings. The van der Waals surface area contributed by atoms with E-state index in [9.17, 15) is 4.79 Å². The fourth-order valence-electron chi connectivity index (χ4n) is 4.70. The summed E-state index contributed by atoms with van der Waals surface area (Å²) in [5.74, 6) is 2.17. The number of hydrogen-bond donors (Lipinski definition) is 2. The smallest absolute Gasteiger partial charge is 0.256 e. The molecule has 0 radical (unpaired) electrons. The van der Waals surface area contributed by atoms with E-state index in [0.29, 0.717) is 17.1 Å². The van der Waals surface area contributed by atoms with Gasteiger partial charge in [0.05, 0.1) is 5.56 Å². The number of furan rings is 1. The first kappa shape index (κ1) is 20.8. The second-order valence-corrected chi connectivity index (χ2v) is 11.3. The van der Waals surface area contributed by atoms with E-state index in [1.54, 1.807) is 11.3 Å². The average Bonchev–Trinajstić information content (AvgIpc) is 3.38. The van der Waals surface area contributed by atoms with Crippen LogP contribution in [0, 0.1) is 11.3 Å². The maximum absolute atomic E-state index is 13.1. The van der Waals surface area contributed by atoms with Gasteiger partial charge in [0.15, 0.2) is 6.17 Å². The number of benzene rings is 1. The average molecular weight is 499 g/mol. The lowest BCUT2D eigenvalue weighted by Gasteiger charge is -2.36. The summed E-state index contributed by atoms with van der Waals surface area (Å²) in [6, 6.07) is 11.9. The summed E-state index contributed by atoms with van der Waals surface area (Å²) in [5, 5.41) is 7.62. The molecule has 0 saturated heterocycles. The molecule has 5 rings (SSSR count). The fourth-order valence-corrected chi connectivity index (χ4v) is 6.45. The Morgan fingerprint density at radius 2 is 2.06 bits per heavy atom. The fraction of sp³-hybridized carbons (Fsp3) is 0.400. The molecule has 3 heterocycles. The van der Waals surface area contributed by atoms with E-state index in [1.807, 2.05) is 36.4 Å². The number of fused-ring (bicyclic) bond motifs is 3. The van der Waals surface area contributed by atoms with Crippen LogP contribution in [0.5, 0.6) is 0 Å². The summed E-state index contributed by atoms with van der Waals surface area (Å²) in [4.78, 5) is 14.4. The van der Waals surface area contributed by atoms with E-state index < -0.39 is 0 Å². The number of thiophene rings is 1. The SMILES string of the molecule is CCC(C)(C)[C@H]1CCc2c(sc3c2C(=O)N[C@H](c2ccc(-c4cccc(Br)c4)o2)N3)C1. The van der Waals surface area contributed by atoms with Crippen molar-refractivity contribution in [3.8, 4) is 11.3 Å². The highest BCUT2D eigenvalue weighted by molar-refractivity contribution is 9.10. The quantitative estimate of drug-likeness (QED) is 0.400. The zero-order valence-corrected chi connectivity index (χ0v) is 20.5. The number of anilines is 1. The standard InChI is InChI=1S/C25H27BrN2O2S/c1-4-25(2,3)15-8-9-17-20(13-15)31-24-21(17)23(29)27-22(28-24)19-11-10-18(30-19)14-6-5-7-16(26)12-14/h5-7,10-12,15,22,28H,4,8-9,13H2,1-3H3,(H,27,29)/t15-,22-/m0/s1. The molecule has 3 aromatic rings. The lowest BCUT2D eigenvalue weighted by molar-refractivity contribution is 0.0930. The van der Waals surface area contributed by atoms with Crippen molar-refractivity contribution >= 4 is 38.2 Å². The first-order valence-electron chi connectivity index (χ1n) is 10.9. The number of halogens is 1. The van der Waals surface area contributed by atoms with Gasteiger partial charge in [-0.3, -0.25) is 4.79 Å². The predicted octanol–water partition coefficient (Wildman–Crippen LogP) is 7.17. The van der Waals surface area contributed by atoms with Crippen molar-refractivity contribution in [2.75, 3.05) is 5.32 Å². The summed E-state index contributed by atoms with van der Waals surface area (Å²) in [7, 11) is 0. The van der Waals surface area contributed by atoms with E-state index in [2.05, 4.69) is 47.3 Å². The van der Waals surface area contributed by atoms with Crippen molar-refractivity contribution in [1.82, 2.24) is 5.32 Å². The Balaban J connectivity index is 1.40. The van der Waals surface area contributed by atoms with Gasteiger partial charge in [0, 0.05) is 14.9 Å². The molecule has 2 aliphatic rings. The predicted molar refractivity (Wildman–Crippen MR) is 130 cm³/mol. The number of carbonyl (C=O) groups is 1. The largest absolute Gasteiger partial charge is 0.457 e. The highest BCUT2D eigenvalue weighted by Crippen LogP contribution is 2.47. The second-order valence-electron chi connectivity index (χ2n) is 9.25. The van der Waals surface area contributed by atoms with Gasteiger partial charge in [-0.2, -0.15) is 0 Å². The van der Waals surface area contributed by atoms with Crippen LogP contribution in [0.15, 0.2) is 45.3 Å². The summed E-state index contributed by atoms with van der Waals surface area (Å²) in [5.41, 5.74) is 3.43. The molecule has 2 aromatic heterocycles. The first-order chi connectivity index (χ1) is 14.9. The van der Waals surface area contributed by atoms with Crippen molar-refractivity contribution in [3.05, 3.63) is 62.6 Å². The molecule has 31 heavy (non-hydrogen) atoms. The van der Waals surface area contributed by atoms with Gasteiger partial charge in [0.1, 0.15) is 16.5 Å². The summed E-state index contributed by atoms with van der Waals surface area (Å²) in [6.45, 7) is 7.02. The van der Waals surface area contributed by atoms with E-state index in [0.717, 1.165) is 45.6 Å². The monoisotopic (exact) mass is 498 g/mol. The van der Waals surface area contributed by atoms with Crippen LogP contribution in [0.25, 0.3) is 11.3 Å². The molecule has 1 aliphatic heterocycles. The minimum absolute atomic E-state index is 0.00450. The van der Waals surface area contributed by atoms with Gasteiger partial charge in [-0.1, -0.05) is 55.3 Å². The zero-order chi connectivity index (χ0) is 21.8. The lowest BCUT2D eigenvalue weighted by Crippen LogP contribution is -2.38. The highest BCUT2D eigenvalue weighted by atomic mass is 79.9. The van der Waals surface area contributed by atoms with Gasteiger partial charge in [0.25, 0.3) is 5.91 Å². The zero-order valence-electron chi connectivity index (χ0n) is 18.0. The van der Waals surface area contributed by atoms with Crippen molar-refractivity contribution in [1.29, 1.82) is 0 Å². The van der Waals surface area contributed by atoms with Crippen LogP contribution >= 0.6 is 27.3 Å². The number of carbonyl (C=O) groups excluding carboxylic acids is 1. The van der Waals surface area contributed by atoms with Gasteiger partial charge in [0.2, 0.25) is 0 Å². The number of rotatable bonds is 4. The molecule has 1 amide bonds. The molecular weight excluding hydrogens is 472 g/mol. The normalized spacial score (nSPS) is 20.6. The third-order valence-electron chi connectivity index (χ3n) is 7.08. The lowest BCUT2D eigenvalue weighted by atomic mass is 9.69. The van der Waals surface area contributed by atoms with Crippen LogP contribution < -0.4 is 10.6 Å². The molecular formula is C25H27BrN2O2S. The molecule has 6 heteroatoms. The summed E-state index contributed by atoms with van der Waals surface area (Å²) in [6.07, 6.45) is 4.04. The van der Waals surface area contributed by atoms with Crippen molar-refractivity contribution < 1.29 is 9.21 Å². The molecule has 2 atom stereocenters. The van der Waals surface area contributed by atoms with Crippen molar-refractivity contribution in [3.63, 3.8) is 0 Å². The highest BCUT2D eigenvalue weighted by Gasteiger charge is 2.37.